The van der Waals surface area contributed by atoms with Gasteiger partial charge in [0.1, 0.15) is 11.4 Å². The molecule has 6 rings (SSSR count). The molecule has 0 spiro atoms. The lowest BCUT2D eigenvalue weighted by molar-refractivity contribution is -0.0527. The van der Waals surface area contributed by atoms with Crippen LogP contribution in [0, 0.1) is 25.7 Å². The highest BCUT2D eigenvalue weighted by Gasteiger charge is 2.50. The predicted molar refractivity (Wildman–Crippen MR) is 140 cm³/mol. The van der Waals surface area contributed by atoms with E-state index < -0.39 is 0 Å². The fourth-order valence-corrected chi connectivity index (χ4v) is 6.72. The molecule has 0 N–H and O–H groups in total. The summed E-state index contributed by atoms with van der Waals surface area (Å²) in [5.41, 5.74) is 7.77. The number of thiazole rings is 1. The Balaban J connectivity index is 1.44. The van der Waals surface area contributed by atoms with Crippen molar-refractivity contribution in [2.24, 2.45) is 11.8 Å². The molecule has 2 aromatic heterocycles. The molecule has 34 heavy (non-hydrogen) atoms. The number of aryl methyl sites for hydroxylation is 2. The first-order valence-electron chi connectivity index (χ1n) is 12.4. The van der Waals surface area contributed by atoms with Gasteiger partial charge in [0.05, 0.1) is 16.5 Å². The average molecular weight is 472 g/mol. The van der Waals surface area contributed by atoms with Gasteiger partial charge in [0, 0.05) is 30.8 Å². The molecule has 2 unspecified atom stereocenters. The molecule has 4 nitrogen and oxygen atoms in total. The molecule has 0 radical (unpaired) electrons. The Morgan fingerprint density at radius 1 is 1.18 bits per heavy atom. The first kappa shape index (κ1) is 22.9. The molecule has 5 heteroatoms. The van der Waals surface area contributed by atoms with E-state index in [4.69, 9.17) is 9.72 Å². The van der Waals surface area contributed by atoms with Gasteiger partial charge in [-0.2, -0.15) is 0 Å². The Labute approximate surface area is 207 Å². The molecule has 1 aromatic carbocycles. The standard InChI is InChI=1S/C29H33N3OS/c1-5-24-22-16-23(17-22)32(26(24)14-15-33-27-13-12-19(3)18-30-27)25(6-2)28-29(34-20(4)31-28)21-10-8-7-9-11-21/h7-13,18,22-24,26H,2,5,14-17H2,1,3-4H3. The Morgan fingerprint density at radius 3 is 2.65 bits per heavy atom. The van der Waals surface area contributed by atoms with Crippen LogP contribution in [0.4, 0.5) is 0 Å². The summed E-state index contributed by atoms with van der Waals surface area (Å²) < 4.78 is 6.07. The maximum absolute atomic E-state index is 6.07. The minimum absolute atomic E-state index is 0.392. The van der Waals surface area contributed by atoms with E-state index in [0.29, 0.717) is 30.5 Å². The normalized spacial score (nSPS) is 23.2. The molecule has 3 aliphatic rings. The van der Waals surface area contributed by atoms with Crippen LogP contribution in [0.2, 0.25) is 0 Å². The highest BCUT2D eigenvalue weighted by atomic mass is 32.1. The fourth-order valence-electron chi connectivity index (χ4n) is 5.80. The van der Waals surface area contributed by atoms with Crippen molar-refractivity contribution in [3.63, 3.8) is 0 Å². The van der Waals surface area contributed by atoms with E-state index in [2.05, 4.69) is 66.4 Å². The van der Waals surface area contributed by atoms with Crippen molar-refractivity contribution in [1.82, 2.24) is 14.9 Å². The quantitative estimate of drug-likeness (QED) is 0.335. The Bertz CT molecular complexity index is 1170. The van der Waals surface area contributed by atoms with Crippen LogP contribution in [-0.2, 0) is 0 Å². The van der Waals surface area contributed by atoms with Crippen molar-refractivity contribution in [3.05, 3.63) is 77.2 Å². The lowest BCUT2D eigenvalue weighted by Gasteiger charge is -2.59. The third kappa shape index (κ3) is 4.31. The Kier molecular flexibility index (Phi) is 6.58. The van der Waals surface area contributed by atoms with Crippen molar-refractivity contribution < 1.29 is 4.74 Å². The van der Waals surface area contributed by atoms with Gasteiger partial charge < -0.3 is 9.64 Å². The van der Waals surface area contributed by atoms with Crippen LogP contribution in [0.1, 0.15) is 48.9 Å². The summed E-state index contributed by atoms with van der Waals surface area (Å²) in [4.78, 5) is 13.2. The van der Waals surface area contributed by atoms with Crippen molar-refractivity contribution >= 4 is 17.0 Å². The summed E-state index contributed by atoms with van der Waals surface area (Å²) >= 11 is 1.75. The Morgan fingerprint density at radius 2 is 1.97 bits per heavy atom. The van der Waals surface area contributed by atoms with E-state index >= 15 is 0 Å². The van der Waals surface area contributed by atoms with Crippen molar-refractivity contribution in [3.8, 4) is 16.3 Å². The molecule has 3 aromatic rings. The molecular weight excluding hydrogens is 438 g/mol. The van der Waals surface area contributed by atoms with E-state index in [0.717, 1.165) is 34.3 Å². The zero-order valence-electron chi connectivity index (χ0n) is 20.3. The number of aromatic nitrogens is 2. The second kappa shape index (κ2) is 9.77. The highest BCUT2D eigenvalue weighted by molar-refractivity contribution is 7.15. The van der Waals surface area contributed by atoms with Crippen LogP contribution < -0.4 is 4.74 Å². The third-order valence-corrected chi connectivity index (χ3v) is 8.46. The van der Waals surface area contributed by atoms with Crippen molar-refractivity contribution in [2.45, 2.75) is 58.5 Å². The van der Waals surface area contributed by atoms with E-state index in [-0.39, 0.29) is 0 Å². The summed E-state index contributed by atoms with van der Waals surface area (Å²) in [6, 6.07) is 15.5. The maximum atomic E-state index is 6.07. The van der Waals surface area contributed by atoms with Gasteiger partial charge in [-0.1, -0.05) is 56.3 Å². The molecule has 176 valence electrons. The van der Waals surface area contributed by atoms with Crippen LogP contribution in [0.25, 0.3) is 16.1 Å². The van der Waals surface area contributed by atoms with Crippen LogP contribution in [0.15, 0.2) is 61.0 Å². The van der Waals surface area contributed by atoms with Gasteiger partial charge in [-0.15, -0.1) is 17.1 Å². The zero-order valence-corrected chi connectivity index (χ0v) is 21.1. The number of benzene rings is 1. The number of hydrogen-bond donors (Lipinski definition) is 0. The van der Waals surface area contributed by atoms with Crippen LogP contribution >= 0.6 is 11.3 Å². The van der Waals surface area contributed by atoms with Gasteiger partial charge in [-0.05, 0) is 49.7 Å². The van der Waals surface area contributed by atoms with Gasteiger partial charge in [0.25, 0.3) is 0 Å². The number of piperidine rings is 2. The van der Waals surface area contributed by atoms with E-state index in [1.165, 1.54) is 29.7 Å². The van der Waals surface area contributed by atoms with Gasteiger partial charge >= 0.3 is 0 Å². The van der Waals surface area contributed by atoms with E-state index in [1.54, 1.807) is 11.3 Å². The number of hydrogen-bond acceptors (Lipinski definition) is 5. The molecule has 4 heterocycles. The molecule has 2 atom stereocenters. The zero-order chi connectivity index (χ0) is 23.7. The smallest absolute Gasteiger partial charge is 0.213 e. The molecule has 1 aliphatic carbocycles. The number of rotatable bonds is 8. The maximum Gasteiger partial charge on any atom is 0.213 e. The van der Waals surface area contributed by atoms with Gasteiger partial charge in [-0.25, -0.2) is 9.97 Å². The lowest BCUT2D eigenvalue weighted by Crippen LogP contribution is -2.61. The van der Waals surface area contributed by atoms with E-state index in [1.807, 2.05) is 25.3 Å². The number of nitrogens with zero attached hydrogens (tertiary/aromatic N) is 3. The van der Waals surface area contributed by atoms with Crippen molar-refractivity contribution in [1.29, 1.82) is 0 Å². The second-order valence-electron chi connectivity index (χ2n) is 9.54. The molecule has 2 bridgehead atoms. The first-order valence-corrected chi connectivity index (χ1v) is 13.2. The molecule has 2 aliphatic heterocycles. The topological polar surface area (TPSA) is 38.2 Å². The number of pyridine rings is 1. The van der Waals surface area contributed by atoms with Crippen molar-refractivity contribution in [2.75, 3.05) is 6.61 Å². The summed E-state index contributed by atoms with van der Waals surface area (Å²) in [7, 11) is 0. The fraction of sp³-hybridized carbons (Fsp3) is 0.414. The minimum Gasteiger partial charge on any atom is -0.478 e. The minimum atomic E-state index is 0.392. The Hall–Kier alpha value is -2.88. The SMILES string of the molecule is C=C=C(c1nc(C)sc1-c1ccccc1)N1C2CC(C2)C(CC)C1CCOc1ccc(C)cn1. The monoisotopic (exact) mass is 471 g/mol. The number of ether oxygens (including phenoxy) is 1. The van der Waals surface area contributed by atoms with Crippen LogP contribution in [0.5, 0.6) is 5.88 Å². The average Bonchev–Trinajstić information content (AvgIpc) is 3.22. The van der Waals surface area contributed by atoms with Crippen LogP contribution in [0.3, 0.4) is 0 Å². The highest BCUT2D eigenvalue weighted by Crippen LogP contribution is 2.52. The second-order valence-corrected chi connectivity index (χ2v) is 10.7. The molecule has 3 fully saturated rings. The molecular formula is C29H33N3OS. The van der Waals surface area contributed by atoms with Gasteiger partial charge in [-0.3, -0.25) is 0 Å². The molecule has 1 saturated carbocycles. The summed E-state index contributed by atoms with van der Waals surface area (Å²) in [5, 5.41) is 1.07. The van der Waals surface area contributed by atoms with E-state index in [9.17, 15) is 0 Å². The van der Waals surface area contributed by atoms with Gasteiger partial charge in [0.2, 0.25) is 5.88 Å². The van der Waals surface area contributed by atoms with Crippen LogP contribution in [-0.4, -0.2) is 33.6 Å². The van der Waals surface area contributed by atoms with Gasteiger partial charge in [0.15, 0.2) is 0 Å². The molecule has 2 saturated heterocycles. The predicted octanol–water partition coefficient (Wildman–Crippen LogP) is 6.91. The summed E-state index contributed by atoms with van der Waals surface area (Å²) in [6.07, 6.45) is 6.50. The lowest BCUT2D eigenvalue weighted by atomic mass is 9.62. The largest absolute Gasteiger partial charge is 0.478 e. The summed E-state index contributed by atoms with van der Waals surface area (Å²) in [5.74, 6) is 2.15. The number of fused-ring (bicyclic) bond motifs is 2. The molecule has 0 amide bonds. The summed E-state index contributed by atoms with van der Waals surface area (Å²) in [6.45, 7) is 11.3. The third-order valence-electron chi connectivity index (χ3n) is 7.44. The first-order chi connectivity index (χ1) is 16.6.